The maximum Gasteiger partial charge on any atom is 0.0312 e. The minimum absolute atomic E-state index is 0.251. The number of hydrogen-bond donors (Lipinski definition) is 1. The Morgan fingerprint density at radius 3 is 2.85 bits per heavy atom. The third-order valence-corrected chi connectivity index (χ3v) is 4.56. The lowest BCUT2D eigenvalue weighted by Crippen LogP contribution is -2.19. The number of hydrogen-bond acceptors (Lipinski definition) is 1. The predicted molar refractivity (Wildman–Crippen MR) is 83.8 cm³/mol. The molecule has 0 aliphatic heterocycles. The van der Waals surface area contributed by atoms with Gasteiger partial charge in [-0.2, -0.15) is 0 Å². The van der Waals surface area contributed by atoms with Gasteiger partial charge in [-0.3, -0.25) is 0 Å². The van der Waals surface area contributed by atoms with E-state index in [1.54, 1.807) is 0 Å². The molecule has 2 atom stereocenters. The molecule has 0 spiro atoms. The molecule has 1 heterocycles. The van der Waals surface area contributed by atoms with E-state index in [2.05, 4.69) is 54.1 Å². The van der Waals surface area contributed by atoms with Crippen molar-refractivity contribution < 1.29 is 0 Å². The second-order valence-corrected chi connectivity index (χ2v) is 6.00. The van der Waals surface area contributed by atoms with Gasteiger partial charge in [-0.05, 0) is 56.2 Å². The van der Waals surface area contributed by atoms with E-state index in [9.17, 15) is 0 Å². The molecule has 2 nitrogen and oxygen atoms in total. The molecule has 20 heavy (non-hydrogen) atoms. The maximum absolute atomic E-state index is 6.21. The average Bonchev–Trinajstić information content (AvgIpc) is 2.91. The summed E-state index contributed by atoms with van der Waals surface area (Å²) in [4.78, 5) is 0. The Bertz CT molecular complexity index is 556. The van der Waals surface area contributed by atoms with Crippen molar-refractivity contribution in [2.75, 3.05) is 0 Å². The summed E-state index contributed by atoms with van der Waals surface area (Å²) >= 11 is 0. The van der Waals surface area contributed by atoms with Gasteiger partial charge in [0.1, 0.15) is 0 Å². The average molecular weight is 268 g/mol. The van der Waals surface area contributed by atoms with Crippen LogP contribution in [0.5, 0.6) is 0 Å². The van der Waals surface area contributed by atoms with E-state index in [0.29, 0.717) is 6.04 Å². The molecule has 0 saturated carbocycles. The highest BCUT2D eigenvalue weighted by atomic mass is 15.0. The first-order valence-electron chi connectivity index (χ1n) is 7.75. The Hall–Kier alpha value is -1.54. The van der Waals surface area contributed by atoms with Gasteiger partial charge in [0.15, 0.2) is 0 Å². The predicted octanol–water partition coefficient (Wildman–Crippen LogP) is 4.02. The first-order valence-corrected chi connectivity index (χ1v) is 7.75. The number of nitrogens with two attached hydrogens (primary N) is 1. The van der Waals surface area contributed by atoms with Crippen LogP contribution < -0.4 is 5.73 Å². The molecular weight excluding hydrogens is 244 g/mol. The van der Waals surface area contributed by atoms with Gasteiger partial charge < -0.3 is 10.3 Å². The van der Waals surface area contributed by atoms with E-state index < -0.39 is 0 Å². The highest BCUT2D eigenvalue weighted by Crippen LogP contribution is 2.31. The summed E-state index contributed by atoms with van der Waals surface area (Å²) in [5.41, 5.74) is 10.5. The third-order valence-electron chi connectivity index (χ3n) is 4.56. The van der Waals surface area contributed by atoms with Crippen LogP contribution in [0.1, 0.15) is 55.1 Å². The first kappa shape index (κ1) is 13.4. The molecule has 0 fully saturated rings. The summed E-state index contributed by atoms with van der Waals surface area (Å²) in [7, 11) is 0. The molecule has 0 radical (unpaired) electrons. The molecular formula is C18H24N2. The van der Waals surface area contributed by atoms with Gasteiger partial charge in [0.25, 0.3) is 0 Å². The van der Waals surface area contributed by atoms with E-state index in [0.717, 1.165) is 12.8 Å². The second-order valence-electron chi connectivity index (χ2n) is 6.00. The standard InChI is InChI=1S/C18H24N2/c1-14(10-11-15-6-3-2-4-7-15)20-13-12-16-17(19)8-5-9-18(16)20/h2-4,6-7,12-14,17H,5,8-11,19H2,1H3. The van der Waals surface area contributed by atoms with Gasteiger partial charge in [-0.15, -0.1) is 0 Å². The number of rotatable bonds is 4. The Morgan fingerprint density at radius 2 is 2.05 bits per heavy atom. The zero-order chi connectivity index (χ0) is 13.9. The molecule has 1 aliphatic rings. The van der Waals surface area contributed by atoms with Crippen LogP contribution in [0.15, 0.2) is 42.6 Å². The fourth-order valence-electron chi connectivity index (χ4n) is 3.32. The van der Waals surface area contributed by atoms with Gasteiger partial charge in [0.05, 0.1) is 0 Å². The van der Waals surface area contributed by atoms with Crippen LogP contribution in [-0.2, 0) is 12.8 Å². The fraction of sp³-hybridized carbons (Fsp3) is 0.444. The lowest BCUT2D eigenvalue weighted by molar-refractivity contribution is 0.468. The summed E-state index contributed by atoms with van der Waals surface area (Å²) < 4.78 is 2.46. The zero-order valence-corrected chi connectivity index (χ0v) is 12.3. The highest BCUT2D eigenvalue weighted by Gasteiger charge is 2.21. The molecule has 1 aliphatic carbocycles. The van der Waals surface area contributed by atoms with Crippen molar-refractivity contribution in [3.63, 3.8) is 0 Å². The first-order chi connectivity index (χ1) is 9.75. The summed E-state index contributed by atoms with van der Waals surface area (Å²) in [6.45, 7) is 2.32. The molecule has 0 bridgehead atoms. The monoisotopic (exact) mass is 268 g/mol. The molecule has 0 amide bonds. The van der Waals surface area contributed by atoms with Crippen LogP contribution in [0, 0.1) is 0 Å². The zero-order valence-electron chi connectivity index (χ0n) is 12.3. The van der Waals surface area contributed by atoms with Crippen LogP contribution in [0.25, 0.3) is 0 Å². The van der Waals surface area contributed by atoms with E-state index in [4.69, 9.17) is 5.73 Å². The largest absolute Gasteiger partial charge is 0.348 e. The highest BCUT2D eigenvalue weighted by molar-refractivity contribution is 5.29. The van der Waals surface area contributed by atoms with E-state index >= 15 is 0 Å². The Morgan fingerprint density at radius 1 is 1.25 bits per heavy atom. The van der Waals surface area contributed by atoms with Gasteiger partial charge in [-0.1, -0.05) is 30.3 Å². The van der Waals surface area contributed by atoms with Crippen molar-refractivity contribution in [2.45, 2.75) is 51.1 Å². The molecule has 2 unspecified atom stereocenters. The molecule has 1 aromatic heterocycles. The second kappa shape index (κ2) is 5.84. The lowest BCUT2D eigenvalue weighted by atomic mass is 9.93. The SMILES string of the molecule is CC(CCc1ccccc1)n1ccc2c1CCCC2N. The van der Waals surface area contributed by atoms with E-state index in [-0.39, 0.29) is 6.04 Å². The summed E-state index contributed by atoms with van der Waals surface area (Å²) in [6.07, 6.45) is 8.11. The molecule has 2 heteroatoms. The van der Waals surface area contributed by atoms with E-state index in [1.807, 2.05) is 0 Å². The molecule has 2 N–H and O–H groups in total. The smallest absolute Gasteiger partial charge is 0.0312 e. The van der Waals surface area contributed by atoms with Crippen molar-refractivity contribution in [2.24, 2.45) is 5.73 Å². The Balaban J connectivity index is 1.70. The van der Waals surface area contributed by atoms with Crippen LogP contribution in [-0.4, -0.2) is 4.57 Å². The normalized spacial score (nSPS) is 19.6. The number of aromatic nitrogens is 1. The van der Waals surface area contributed by atoms with Crippen LogP contribution in [0.3, 0.4) is 0 Å². The van der Waals surface area contributed by atoms with E-state index in [1.165, 1.54) is 36.1 Å². The van der Waals surface area contributed by atoms with Crippen molar-refractivity contribution in [1.82, 2.24) is 4.57 Å². The Labute approximate surface area is 121 Å². The quantitative estimate of drug-likeness (QED) is 0.892. The minimum Gasteiger partial charge on any atom is -0.348 e. The fourth-order valence-corrected chi connectivity index (χ4v) is 3.32. The van der Waals surface area contributed by atoms with Crippen molar-refractivity contribution in [1.29, 1.82) is 0 Å². The van der Waals surface area contributed by atoms with Crippen molar-refractivity contribution in [3.05, 3.63) is 59.4 Å². The van der Waals surface area contributed by atoms with Gasteiger partial charge in [-0.25, -0.2) is 0 Å². The summed E-state index contributed by atoms with van der Waals surface area (Å²) in [5.74, 6) is 0. The molecule has 1 aromatic carbocycles. The molecule has 106 valence electrons. The topological polar surface area (TPSA) is 30.9 Å². The molecule has 3 rings (SSSR count). The summed E-state index contributed by atoms with van der Waals surface area (Å²) in [6, 6.07) is 13.8. The van der Waals surface area contributed by atoms with Crippen LogP contribution in [0.2, 0.25) is 0 Å². The van der Waals surface area contributed by atoms with Gasteiger partial charge >= 0.3 is 0 Å². The van der Waals surface area contributed by atoms with Gasteiger partial charge in [0, 0.05) is 24.0 Å². The summed E-state index contributed by atoms with van der Waals surface area (Å²) in [5, 5.41) is 0. The molecule has 0 saturated heterocycles. The van der Waals surface area contributed by atoms with Crippen LogP contribution >= 0.6 is 0 Å². The van der Waals surface area contributed by atoms with Crippen molar-refractivity contribution in [3.8, 4) is 0 Å². The Kier molecular flexibility index (Phi) is 3.93. The number of nitrogens with zero attached hydrogens (tertiary/aromatic N) is 1. The van der Waals surface area contributed by atoms with Gasteiger partial charge in [0.2, 0.25) is 0 Å². The number of aryl methyl sites for hydroxylation is 1. The number of benzene rings is 1. The third kappa shape index (κ3) is 2.66. The number of fused-ring (bicyclic) bond motifs is 1. The minimum atomic E-state index is 0.251. The lowest BCUT2D eigenvalue weighted by Gasteiger charge is -2.24. The van der Waals surface area contributed by atoms with Crippen LogP contribution in [0.4, 0.5) is 0 Å². The van der Waals surface area contributed by atoms with Crippen molar-refractivity contribution >= 4 is 0 Å². The molecule has 2 aromatic rings. The maximum atomic E-state index is 6.21.